The summed E-state index contributed by atoms with van der Waals surface area (Å²) < 4.78 is 1.15. The van der Waals surface area contributed by atoms with Gasteiger partial charge in [0.2, 0.25) is 11.9 Å². The van der Waals surface area contributed by atoms with Crippen molar-refractivity contribution < 1.29 is 4.79 Å². The van der Waals surface area contributed by atoms with Crippen molar-refractivity contribution >= 4 is 40.5 Å². The molecule has 3 N–H and O–H groups in total. The second-order valence-electron chi connectivity index (χ2n) is 7.34. The molecular weight excluding hydrogens is 386 g/mol. The van der Waals surface area contributed by atoms with Crippen LogP contribution in [0, 0.1) is 13.8 Å². The lowest BCUT2D eigenvalue weighted by Crippen LogP contribution is -2.44. The van der Waals surface area contributed by atoms with Crippen molar-refractivity contribution in [3.05, 3.63) is 45.6 Å². The summed E-state index contributed by atoms with van der Waals surface area (Å²) in [5.74, 6) is 0.107. The minimum absolute atomic E-state index is 0.0667. The Bertz CT molecular complexity index is 1020. The number of nitrogen functional groups attached to an aromatic ring is 1. The van der Waals surface area contributed by atoms with E-state index in [1.807, 2.05) is 32.0 Å². The second-order valence-corrected chi connectivity index (χ2v) is 8.60. The number of nitrogens with two attached hydrogens (primary N) is 1. The van der Waals surface area contributed by atoms with Crippen LogP contribution in [0.15, 0.2) is 30.3 Å². The van der Waals surface area contributed by atoms with Crippen molar-refractivity contribution in [2.75, 3.05) is 49.2 Å². The molecule has 0 spiro atoms. The van der Waals surface area contributed by atoms with Crippen molar-refractivity contribution in [2.24, 2.45) is 0 Å². The number of aromatic nitrogens is 3. The highest BCUT2D eigenvalue weighted by molar-refractivity contribution is 7.14. The zero-order chi connectivity index (χ0) is 20.5. The Morgan fingerprint density at radius 3 is 2.45 bits per heavy atom. The van der Waals surface area contributed by atoms with E-state index in [9.17, 15) is 4.79 Å². The number of hydrogen-bond donors (Lipinski definition) is 2. The highest BCUT2D eigenvalue weighted by Crippen LogP contribution is 2.24. The van der Waals surface area contributed by atoms with Crippen molar-refractivity contribution in [1.82, 2.24) is 19.7 Å². The number of piperazine rings is 1. The number of rotatable bonds is 4. The summed E-state index contributed by atoms with van der Waals surface area (Å²) in [6.45, 7) is 8.06. The molecule has 0 unspecified atom stereocenters. The monoisotopic (exact) mass is 411 g/mol. The van der Waals surface area contributed by atoms with Crippen molar-refractivity contribution in [2.45, 2.75) is 13.8 Å². The summed E-state index contributed by atoms with van der Waals surface area (Å²) in [5, 5.41) is 7.39. The Balaban J connectivity index is 1.47. The van der Waals surface area contributed by atoms with Gasteiger partial charge in [0.25, 0.3) is 5.91 Å². The fourth-order valence-electron chi connectivity index (χ4n) is 3.43. The zero-order valence-corrected chi connectivity index (χ0v) is 17.7. The van der Waals surface area contributed by atoms with Gasteiger partial charge in [0.1, 0.15) is 0 Å². The van der Waals surface area contributed by atoms with Crippen LogP contribution in [0.2, 0.25) is 0 Å². The van der Waals surface area contributed by atoms with Crippen molar-refractivity contribution in [3.8, 4) is 0 Å². The van der Waals surface area contributed by atoms with Gasteiger partial charge in [-0.25, -0.2) is 0 Å². The van der Waals surface area contributed by atoms with Crippen LogP contribution in [-0.4, -0.2) is 58.8 Å². The van der Waals surface area contributed by atoms with Crippen LogP contribution in [0.3, 0.4) is 0 Å². The van der Waals surface area contributed by atoms with E-state index < -0.39 is 0 Å². The Morgan fingerprint density at radius 1 is 1.14 bits per heavy atom. The van der Waals surface area contributed by atoms with Crippen LogP contribution in [0.4, 0.5) is 23.3 Å². The Morgan fingerprint density at radius 2 is 1.83 bits per heavy atom. The van der Waals surface area contributed by atoms with Crippen LogP contribution in [-0.2, 0) is 0 Å². The third-order valence-corrected chi connectivity index (χ3v) is 6.19. The Hall–Kier alpha value is -2.91. The van der Waals surface area contributed by atoms with Crippen LogP contribution in [0.1, 0.15) is 20.1 Å². The first-order valence-electron chi connectivity index (χ1n) is 9.55. The summed E-state index contributed by atoms with van der Waals surface area (Å²) in [4.78, 5) is 23.4. The Labute approximate surface area is 173 Å². The molecule has 1 saturated heterocycles. The van der Waals surface area contributed by atoms with Crippen LogP contribution in [0.25, 0.3) is 0 Å². The number of nitrogens with one attached hydrogen (secondary N) is 1. The quantitative estimate of drug-likeness (QED) is 0.682. The third-order valence-electron chi connectivity index (χ3n) is 5.05. The molecule has 0 bridgehead atoms. The smallest absolute Gasteiger partial charge is 0.291 e. The predicted octanol–water partition coefficient (Wildman–Crippen LogP) is 2.72. The van der Waals surface area contributed by atoms with E-state index in [0.29, 0.717) is 10.8 Å². The van der Waals surface area contributed by atoms with Crippen LogP contribution in [0.5, 0.6) is 0 Å². The molecule has 152 valence electrons. The lowest BCUT2D eigenvalue weighted by atomic mass is 10.2. The molecular formula is C20H25N7OS. The fourth-order valence-corrected chi connectivity index (χ4v) is 4.38. The van der Waals surface area contributed by atoms with Gasteiger partial charge < -0.3 is 20.9 Å². The van der Waals surface area contributed by atoms with E-state index in [0.717, 1.165) is 47.0 Å². The van der Waals surface area contributed by atoms with Gasteiger partial charge in [-0.3, -0.25) is 4.79 Å². The maximum absolute atomic E-state index is 12.8. The summed E-state index contributed by atoms with van der Waals surface area (Å²) >= 11 is 1.43. The molecule has 0 radical (unpaired) electrons. The minimum atomic E-state index is -0.260. The zero-order valence-electron chi connectivity index (χ0n) is 16.8. The fraction of sp³-hybridized carbons (Fsp3) is 0.350. The molecule has 0 aliphatic carbocycles. The lowest BCUT2D eigenvalue weighted by Gasteiger charge is -2.34. The predicted molar refractivity (Wildman–Crippen MR) is 117 cm³/mol. The molecule has 0 atom stereocenters. The number of thiophene rings is 1. The Kier molecular flexibility index (Phi) is 5.25. The topological polar surface area (TPSA) is 92.3 Å². The van der Waals surface area contributed by atoms with Crippen molar-refractivity contribution in [1.29, 1.82) is 0 Å². The van der Waals surface area contributed by atoms with Crippen molar-refractivity contribution in [3.63, 3.8) is 0 Å². The molecule has 2 aromatic heterocycles. The minimum Gasteiger partial charge on any atom is -0.369 e. The molecule has 3 heterocycles. The van der Waals surface area contributed by atoms with Gasteiger partial charge in [-0.2, -0.15) is 9.67 Å². The van der Waals surface area contributed by atoms with Gasteiger partial charge in [0.05, 0.1) is 4.88 Å². The number of benzene rings is 1. The lowest BCUT2D eigenvalue weighted by molar-refractivity contribution is 0.0951. The van der Waals surface area contributed by atoms with E-state index in [-0.39, 0.29) is 11.9 Å². The number of carbonyl (C=O) groups excluding carboxylic acids is 1. The van der Waals surface area contributed by atoms with E-state index >= 15 is 0 Å². The second kappa shape index (κ2) is 7.84. The number of hydrogen-bond acceptors (Lipinski definition) is 8. The summed E-state index contributed by atoms with van der Waals surface area (Å²) in [7, 11) is 2.15. The van der Waals surface area contributed by atoms with Crippen LogP contribution < -0.4 is 16.0 Å². The SMILES string of the molecule is Cc1cc(C)c(C(=O)n2nc(Nc3ccc(N4CCN(C)CC4)cc3)nc2N)s1. The molecule has 8 nitrogen and oxygen atoms in total. The van der Waals surface area contributed by atoms with Gasteiger partial charge in [-0.05, 0) is 56.8 Å². The summed E-state index contributed by atoms with van der Waals surface area (Å²) in [6.07, 6.45) is 0. The summed E-state index contributed by atoms with van der Waals surface area (Å²) in [5.41, 5.74) is 8.90. The molecule has 9 heteroatoms. The first kappa shape index (κ1) is 19.4. The average molecular weight is 412 g/mol. The first-order chi connectivity index (χ1) is 13.9. The molecule has 1 aliphatic rings. The standard InChI is InChI=1S/C20H25N7OS/c1-13-12-14(2)29-17(13)18(28)27-19(21)23-20(24-27)22-15-4-6-16(7-5-15)26-10-8-25(3)9-11-26/h4-7,12H,8-11H2,1-3H3,(H3,21,22,23,24). The first-order valence-corrected chi connectivity index (χ1v) is 10.4. The van der Waals surface area contributed by atoms with Gasteiger partial charge in [0.15, 0.2) is 0 Å². The molecule has 1 fully saturated rings. The van der Waals surface area contributed by atoms with Gasteiger partial charge in [0, 0.05) is 42.4 Å². The van der Waals surface area contributed by atoms with E-state index in [2.05, 4.69) is 44.4 Å². The maximum atomic E-state index is 12.8. The number of likely N-dealkylation sites (N-methyl/N-ethyl adjacent to an activating group) is 1. The highest BCUT2D eigenvalue weighted by atomic mass is 32.1. The molecule has 4 rings (SSSR count). The average Bonchev–Trinajstić information content (AvgIpc) is 3.23. The molecule has 3 aromatic rings. The summed E-state index contributed by atoms with van der Waals surface area (Å²) in [6, 6.07) is 10.1. The molecule has 0 saturated carbocycles. The highest BCUT2D eigenvalue weighted by Gasteiger charge is 2.20. The largest absolute Gasteiger partial charge is 0.369 e. The number of anilines is 4. The van der Waals surface area contributed by atoms with Crippen LogP contribution >= 0.6 is 11.3 Å². The van der Waals surface area contributed by atoms with Gasteiger partial charge in [-0.15, -0.1) is 16.4 Å². The number of nitrogens with zero attached hydrogens (tertiary/aromatic N) is 5. The van der Waals surface area contributed by atoms with E-state index in [4.69, 9.17) is 5.73 Å². The maximum Gasteiger partial charge on any atom is 0.291 e. The molecule has 29 heavy (non-hydrogen) atoms. The normalized spacial score (nSPS) is 14.9. The van der Waals surface area contributed by atoms with Gasteiger partial charge in [-0.1, -0.05) is 0 Å². The van der Waals surface area contributed by atoms with Gasteiger partial charge >= 0.3 is 0 Å². The number of aryl methyl sites for hydroxylation is 2. The molecule has 1 aliphatic heterocycles. The third kappa shape index (κ3) is 4.10. The number of carbonyl (C=O) groups is 1. The van der Waals surface area contributed by atoms with E-state index in [1.165, 1.54) is 17.0 Å². The molecule has 0 amide bonds. The molecule has 1 aromatic carbocycles. The van der Waals surface area contributed by atoms with E-state index in [1.54, 1.807) is 0 Å².